The van der Waals surface area contributed by atoms with E-state index in [2.05, 4.69) is 38.3 Å². The van der Waals surface area contributed by atoms with Crippen LogP contribution in [0.1, 0.15) is 33.1 Å². The monoisotopic (exact) mass is 229 g/mol. The molecular weight excluding hydrogens is 202 g/mol. The van der Waals surface area contributed by atoms with E-state index < -0.39 is 0 Å². The Morgan fingerprint density at radius 1 is 1.38 bits per heavy atom. The van der Waals surface area contributed by atoms with E-state index >= 15 is 0 Å². The third kappa shape index (κ3) is 3.42. The van der Waals surface area contributed by atoms with Crippen molar-refractivity contribution in [1.82, 2.24) is 10.3 Å². The van der Waals surface area contributed by atoms with Crippen LogP contribution >= 0.6 is 0 Å². The molecule has 1 unspecified atom stereocenters. The molecule has 3 N–H and O–H groups in total. The summed E-state index contributed by atoms with van der Waals surface area (Å²) in [5, 5.41) is 0. The molecule has 1 aliphatic heterocycles. The van der Waals surface area contributed by atoms with Crippen LogP contribution in [0.15, 0.2) is 0 Å². The van der Waals surface area contributed by atoms with Crippen LogP contribution in [0.25, 0.3) is 0 Å². The Bertz CT molecular complexity index is 200. The smallest absolute Gasteiger partial charge is 0.0468 e. The van der Waals surface area contributed by atoms with Gasteiger partial charge in [0.2, 0.25) is 0 Å². The van der Waals surface area contributed by atoms with Crippen LogP contribution in [-0.2, 0) is 4.74 Å². The van der Waals surface area contributed by atoms with E-state index in [0.29, 0.717) is 6.04 Å². The van der Waals surface area contributed by atoms with Gasteiger partial charge in [0.25, 0.3) is 0 Å². The molecule has 4 nitrogen and oxygen atoms in total. The highest BCUT2D eigenvalue weighted by atomic mass is 16.5. The molecule has 0 saturated carbocycles. The minimum Gasteiger partial charge on any atom is -0.381 e. The van der Waals surface area contributed by atoms with Crippen molar-refractivity contribution >= 4 is 0 Å². The zero-order chi connectivity index (χ0) is 12.2. The van der Waals surface area contributed by atoms with Crippen molar-refractivity contribution in [3.63, 3.8) is 0 Å². The topological polar surface area (TPSA) is 50.5 Å². The number of hydrazine groups is 1. The van der Waals surface area contributed by atoms with Gasteiger partial charge in [-0.05, 0) is 53.1 Å². The van der Waals surface area contributed by atoms with Crippen LogP contribution in [0.3, 0.4) is 0 Å². The van der Waals surface area contributed by atoms with Gasteiger partial charge in [-0.1, -0.05) is 0 Å². The normalized spacial score (nSPS) is 21.4. The summed E-state index contributed by atoms with van der Waals surface area (Å²) in [6, 6.07) is 0.325. The molecule has 0 aromatic rings. The van der Waals surface area contributed by atoms with Crippen LogP contribution in [0.4, 0.5) is 0 Å². The zero-order valence-electron chi connectivity index (χ0n) is 11.1. The number of hydrogen-bond donors (Lipinski definition) is 2. The quantitative estimate of drug-likeness (QED) is 0.545. The molecule has 1 aliphatic rings. The average molecular weight is 229 g/mol. The first-order valence-corrected chi connectivity index (χ1v) is 6.19. The van der Waals surface area contributed by atoms with Gasteiger partial charge >= 0.3 is 0 Å². The predicted molar refractivity (Wildman–Crippen MR) is 67.0 cm³/mol. The molecule has 0 aromatic heterocycles. The fraction of sp³-hybridized carbons (Fsp3) is 1.00. The van der Waals surface area contributed by atoms with Crippen molar-refractivity contribution in [2.24, 2.45) is 11.8 Å². The molecule has 96 valence electrons. The second-order valence-electron chi connectivity index (χ2n) is 5.56. The summed E-state index contributed by atoms with van der Waals surface area (Å²) in [5.41, 5.74) is 3.06. The zero-order valence-corrected chi connectivity index (χ0v) is 11.1. The molecule has 0 spiro atoms. The fourth-order valence-corrected chi connectivity index (χ4v) is 2.19. The molecule has 1 atom stereocenters. The lowest BCUT2D eigenvalue weighted by Crippen LogP contribution is -2.57. The van der Waals surface area contributed by atoms with Crippen LogP contribution in [0.2, 0.25) is 0 Å². The second-order valence-corrected chi connectivity index (χ2v) is 5.56. The highest BCUT2D eigenvalue weighted by Crippen LogP contribution is 2.26. The number of ether oxygens (including phenoxy) is 1. The summed E-state index contributed by atoms with van der Waals surface area (Å²) < 4.78 is 5.39. The molecule has 1 saturated heterocycles. The van der Waals surface area contributed by atoms with Crippen molar-refractivity contribution in [2.75, 3.05) is 27.3 Å². The number of nitrogens with two attached hydrogens (primary N) is 1. The van der Waals surface area contributed by atoms with Crippen LogP contribution in [-0.4, -0.2) is 43.8 Å². The van der Waals surface area contributed by atoms with Crippen molar-refractivity contribution < 1.29 is 4.74 Å². The van der Waals surface area contributed by atoms with Gasteiger partial charge in [0.05, 0.1) is 0 Å². The summed E-state index contributed by atoms with van der Waals surface area (Å²) in [5.74, 6) is 6.45. The molecule has 4 heteroatoms. The maximum absolute atomic E-state index is 5.71. The lowest BCUT2D eigenvalue weighted by Gasteiger charge is -2.41. The average Bonchev–Trinajstić information content (AvgIpc) is 2.26. The number of hydrogen-bond acceptors (Lipinski definition) is 4. The minimum absolute atomic E-state index is 0.0764. The SMILES string of the molecule is CN(C)C(C)(C)C(CC1CCOCC1)NN. The molecule has 0 aromatic carbocycles. The highest BCUT2D eigenvalue weighted by molar-refractivity contribution is 4.91. The Morgan fingerprint density at radius 2 is 1.94 bits per heavy atom. The molecule has 1 rings (SSSR count). The number of nitrogens with one attached hydrogen (secondary N) is 1. The van der Waals surface area contributed by atoms with Gasteiger partial charge in [-0.15, -0.1) is 0 Å². The van der Waals surface area contributed by atoms with Gasteiger partial charge < -0.3 is 9.64 Å². The van der Waals surface area contributed by atoms with Gasteiger partial charge in [0.1, 0.15) is 0 Å². The van der Waals surface area contributed by atoms with E-state index in [0.717, 1.165) is 25.6 Å². The molecule has 0 amide bonds. The molecule has 0 bridgehead atoms. The Morgan fingerprint density at radius 3 is 2.38 bits per heavy atom. The summed E-state index contributed by atoms with van der Waals surface area (Å²) >= 11 is 0. The highest BCUT2D eigenvalue weighted by Gasteiger charge is 2.32. The molecule has 0 aliphatic carbocycles. The second kappa shape index (κ2) is 5.96. The fourth-order valence-electron chi connectivity index (χ4n) is 2.19. The maximum Gasteiger partial charge on any atom is 0.0468 e. The molecule has 16 heavy (non-hydrogen) atoms. The van der Waals surface area contributed by atoms with Crippen molar-refractivity contribution in [3.05, 3.63) is 0 Å². The van der Waals surface area contributed by atoms with Crippen LogP contribution in [0.5, 0.6) is 0 Å². The summed E-state index contributed by atoms with van der Waals surface area (Å²) in [6.07, 6.45) is 3.47. The van der Waals surface area contributed by atoms with E-state index in [1.54, 1.807) is 0 Å². The van der Waals surface area contributed by atoms with Gasteiger partial charge in [-0.2, -0.15) is 0 Å². The third-order valence-corrected chi connectivity index (χ3v) is 4.12. The van der Waals surface area contributed by atoms with E-state index in [1.807, 2.05) is 0 Å². The Labute approximate surface area is 99.5 Å². The third-order valence-electron chi connectivity index (χ3n) is 4.12. The number of likely N-dealkylation sites (N-methyl/N-ethyl adjacent to an activating group) is 1. The van der Waals surface area contributed by atoms with Gasteiger partial charge in [0.15, 0.2) is 0 Å². The summed E-state index contributed by atoms with van der Waals surface area (Å²) in [4.78, 5) is 2.23. The van der Waals surface area contributed by atoms with Crippen molar-refractivity contribution in [1.29, 1.82) is 0 Å². The predicted octanol–water partition coefficient (Wildman–Crippen LogP) is 0.975. The Balaban J connectivity index is 2.53. The largest absolute Gasteiger partial charge is 0.381 e. The van der Waals surface area contributed by atoms with Crippen molar-refractivity contribution in [3.8, 4) is 0 Å². The maximum atomic E-state index is 5.71. The molecule has 1 heterocycles. The Hall–Kier alpha value is -0.160. The first kappa shape index (κ1) is 13.9. The Kier molecular flexibility index (Phi) is 5.18. The summed E-state index contributed by atoms with van der Waals surface area (Å²) in [7, 11) is 4.21. The van der Waals surface area contributed by atoms with E-state index in [1.165, 1.54) is 12.8 Å². The molecule has 0 radical (unpaired) electrons. The van der Waals surface area contributed by atoms with Gasteiger partial charge in [-0.25, -0.2) is 0 Å². The lowest BCUT2D eigenvalue weighted by atomic mass is 9.83. The van der Waals surface area contributed by atoms with E-state index in [-0.39, 0.29) is 5.54 Å². The van der Waals surface area contributed by atoms with E-state index in [4.69, 9.17) is 10.6 Å². The first-order chi connectivity index (χ1) is 7.48. The van der Waals surface area contributed by atoms with Crippen molar-refractivity contribution in [2.45, 2.75) is 44.7 Å². The van der Waals surface area contributed by atoms with Gasteiger partial charge in [0, 0.05) is 24.8 Å². The number of nitrogens with zero attached hydrogens (tertiary/aromatic N) is 1. The first-order valence-electron chi connectivity index (χ1n) is 6.19. The number of rotatable bonds is 5. The standard InChI is InChI=1S/C12H27N3O/c1-12(2,15(3)4)11(14-13)9-10-5-7-16-8-6-10/h10-11,14H,5-9,13H2,1-4H3. The molecule has 1 fully saturated rings. The van der Waals surface area contributed by atoms with Gasteiger partial charge in [-0.3, -0.25) is 11.3 Å². The molecular formula is C12H27N3O. The lowest BCUT2D eigenvalue weighted by molar-refractivity contribution is 0.0475. The van der Waals surface area contributed by atoms with E-state index in [9.17, 15) is 0 Å². The van der Waals surface area contributed by atoms with Crippen LogP contribution < -0.4 is 11.3 Å². The summed E-state index contributed by atoms with van der Waals surface area (Å²) in [6.45, 7) is 6.28. The van der Waals surface area contributed by atoms with Crippen LogP contribution in [0, 0.1) is 5.92 Å². The minimum atomic E-state index is 0.0764.